The third-order valence-electron chi connectivity index (χ3n) is 3.10. The van der Waals surface area contributed by atoms with Crippen LogP contribution in [-0.2, 0) is 9.53 Å². The first-order chi connectivity index (χ1) is 10.4. The standard InChI is InChI=1S/C17H34N2O4/c1-11(2)8-9-18-15(21)14(20)13(10-12(3)4)19-16(22)23-17(5,6)7/h11-14,20H,8-10H2,1-7H3,(H,18,21)(H,19,22)/t13-,14?/m0/s1. The minimum atomic E-state index is -1.29. The molecule has 0 spiro atoms. The molecule has 0 aliphatic heterocycles. The van der Waals surface area contributed by atoms with Crippen LogP contribution in [0.5, 0.6) is 0 Å². The van der Waals surface area contributed by atoms with E-state index in [-0.39, 0.29) is 5.92 Å². The zero-order chi connectivity index (χ0) is 18.2. The van der Waals surface area contributed by atoms with Crippen molar-refractivity contribution >= 4 is 12.0 Å². The average Bonchev–Trinajstić information content (AvgIpc) is 2.33. The Bertz CT molecular complexity index is 375. The minimum absolute atomic E-state index is 0.216. The topological polar surface area (TPSA) is 87.7 Å². The van der Waals surface area contributed by atoms with Crippen LogP contribution in [0.1, 0.15) is 61.3 Å². The molecule has 0 aromatic heterocycles. The van der Waals surface area contributed by atoms with Gasteiger partial charge in [-0.25, -0.2) is 4.79 Å². The number of carbonyl (C=O) groups is 2. The maximum atomic E-state index is 12.1. The summed E-state index contributed by atoms with van der Waals surface area (Å²) in [5.74, 6) is 0.221. The summed E-state index contributed by atoms with van der Waals surface area (Å²) in [4.78, 5) is 24.0. The lowest BCUT2D eigenvalue weighted by Crippen LogP contribution is -2.52. The Morgan fingerprint density at radius 3 is 2.09 bits per heavy atom. The number of amides is 2. The SMILES string of the molecule is CC(C)CCNC(=O)C(O)[C@H](CC(C)C)NC(=O)OC(C)(C)C. The lowest BCUT2D eigenvalue weighted by Gasteiger charge is -2.27. The number of hydrogen-bond donors (Lipinski definition) is 3. The third-order valence-corrected chi connectivity index (χ3v) is 3.10. The van der Waals surface area contributed by atoms with E-state index < -0.39 is 29.7 Å². The molecule has 136 valence electrons. The predicted octanol–water partition coefficient (Wildman–Crippen LogP) is 2.45. The molecule has 2 amide bonds. The Morgan fingerprint density at radius 1 is 1.09 bits per heavy atom. The summed E-state index contributed by atoms with van der Waals surface area (Å²) >= 11 is 0. The van der Waals surface area contributed by atoms with Crippen molar-refractivity contribution in [2.45, 2.75) is 79.1 Å². The van der Waals surface area contributed by atoms with Crippen molar-refractivity contribution < 1.29 is 19.4 Å². The highest BCUT2D eigenvalue weighted by molar-refractivity contribution is 5.82. The van der Waals surface area contributed by atoms with E-state index in [1.807, 2.05) is 13.8 Å². The van der Waals surface area contributed by atoms with Crippen LogP contribution in [0.25, 0.3) is 0 Å². The van der Waals surface area contributed by atoms with Gasteiger partial charge in [0.05, 0.1) is 6.04 Å². The van der Waals surface area contributed by atoms with Crippen molar-refractivity contribution in [1.29, 1.82) is 0 Å². The number of rotatable bonds is 8. The second-order valence-electron chi connectivity index (χ2n) is 7.80. The molecule has 3 N–H and O–H groups in total. The number of ether oxygens (including phenoxy) is 1. The van der Waals surface area contributed by atoms with E-state index in [4.69, 9.17) is 4.74 Å². The van der Waals surface area contributed by atoms with Crippen LogP contribution in [0.4, 0.5) is 4.79 Å². The van der Waals surface area contributed by atoms with Crippen LogP contribution in [-0.4, -0.2) is 41.4 Å². The number of hydrogen-bond acceptors (Lipinski definition) is 4. The first-order valence-corrected chi connectivity index (χ1v) is 8.37. The van der Waals surface area contributed by atoms with E-state index in [0.29, 0.717) is 18.9 Å². The molecule has 0 saturated heterocycles. The summed E-state index contributed by atoms with van der Waals surface area (Å²) in [7, 11) is 0. The predicted molar refractivity (Wildman–Crippen MR) is 91.1 cm³/mol. The van der Waals surface area contributed by atoms with Crippen LogP contribution in [0.3, 0.4) is 0 Å². The van der Waals surface area contributed by atoms with E-state index in [0.717, 1.165) is 6.42 Å². The molecule has 0 saturated carbocycles. The Labute approximate surface area is 140 Å². The van der Waals surface area contributed by atoms with Gasteiger partial charge in [0.1, 0.15) is 5.60 Å². The molecule has 0 rings (SSSR count). The van der Waals surface area contributed by atoms with Crippen molar-refractivity contribution in [3.05, 3.63) is 0 Å². The average molecular weight is 330 g/mol. The number of nitrogens with one attached hydrogen (secondary N) is 2. The highest BCUT2D eigenvalue weighted by atomic mass is 16.6. The summed E-state index contributed by atoms with van der Waals surface area (Å²) in [6, 6.07) is -0.677. The highest BCUT2D eigenvalue weighted by Gasteiger charge is 2.29. The first-order valence-electron chi connectivity index (χ1n) is 8.37. The van der Waals surface area contributed by atoms with Crippen LogP contribution >= 0.6 is 0 Å². The Balaban J connectivity index is 4.68. The minimum Gasteiger partial charge on any atom is -0.444 e. The summed E-state index contributed by atoms with van der Waals surface area (Å²) in [5.41, 5.74) is -0.628. The first kappa shape index (κ1) is 21.7. The van der Waals surface area contributed by atoms with E-state index in [2.05, 4.69) is 24.5 Å². The van der Waals surface area contributed by atoms with Gasteiger partial charge in [-0.05, 0) is 45.4 Å². The van der Waals surface area contributed by atoms with Gasteiger partial charge in [-0.15, -0.1) is 0 Å². The molecule has 1 unspecified atom stereocenters. The molecule has 0 heterocycles. The molecular formula is C17H34N2O4. The monoisotopic (exact) mass is 330 g/mol. The third kappa shape index (κ3) is 11.0. The fraction of sp³-hybridized carbons (Fsp3) is 0.882. The molecule has 6 nitrogen and oxygen atoms in total. The Hall–Kier alpha value is -1.30. The van der Waals surface area contributed by atoms with Gasteiger partial charge in [0, 0.05) is 6.54 Å². The van der Waals surface area contributed by atoms with Crippen LogP contribution in [0, 0.1) is 11.8 Å². The number of carbonyl (C=O) groups excluding carboxylic acids is 2. The fourth-order valence-electron chi connectivity index (χ4n) is 2.00. The molecule has 0 aromatic carbocycles. The van der Waals surface area contributed by atoms with E-state index in [1.165, 1.54) is 0 Å². The number of alkyl carbamates (subject to hydrolysis) is 1. The van der Waals surface area contributed by atoms with Crippen molar-refractivity contribution in [2.75, 3.05) is 6.54 Å². The highest BCUT2D eigenvalue weighted by Crippen LogP contribution is 2.12. The van der Waals surface area contributed by atoms with Gasteiger partial charge in [0.25, 0.3) is 5.91 Å². The number of aliphatic hydroxyl groups is 1. The summed E-state index contributed by atoms with van der Waals surface area (Å²) in [6.45, 7) is 13.9. The molecule has 0 aliphatic carbocycles. The van der Waals surface area contributed by atoms with E-state index in [1.54, 1.807) is 20.8 Å². The molecular weight excluding hydrogens is 296 g/mol. The summed E-state index contributed by atoms with van der Waals surface area (Å²) < 4.78 is 5.20. The van der Waals surface area contributed by atoms with Crippen molar-refractivity contribution in [3.8, 4) is 0 Å². The molecule has 2 atom stereocenters. The van der Waals surface area contributed by atoms with Crippen LogP contribution in [0.2, 0.25) is 0 Å². The molecule has 6 heteroatoms. The van der Waals surface area contributed by atoms with Crippen molar-refractivity contribution in [3.63, 3.8) is 0 Å². The maximum absolute atomic E-state index is 12.1. The van der Waals surface area contributed by atoms with Crippen molar-refractivity contribution in [2.24, 2.45) is 11.8 Å². The quantitative estimate of drug-likeness (QED) is 0.638. The molecule has 23 heavy (non-hydrogen) atoms. The van der Waals surface area contributed by atoms with Crippen LogP contribution in [0.15, 0.2) is 0 Å². The molecule has 0 aromatic rings. The maximum Gasteiger partial charge on any atom is 0.407 e. The summed E-state index contributed by atoms with van der Waals surface area (Å²) in [6.07, 6.45) is -0.598. The zero-order valence-corrected chi connectivity index (χ0v) is 15.6. The fourth-order valence-corrected chi connectivity index (χ4v) is 2.00. The van der Waals surface area contributed by atoms with E-state index in [9.17, 15) is 14.7 Å². The van der Waals surface area contributed by atoms with E-state index >= 15 is 0 Å². The number of aliphatic hydroxyl groups excluding tert-OH is 1. The molecule has 0 fully saturated rings. The summed E-state index contributed by atoms with van der Waals surface area (Å²) in [5, 5.41) is 15.6. The van der Waals surface area contributed by atoms with Gasteiger partial charge in [0.15, 0.2) is 6.10 Å². The normalized spacial score (nSPS) is 14.5. The smallest absolute Gasteiger partial charge is 0.407 e. The second-order valence-corrected chi connectivity index (χ2v) is 7.80. The van der Waals surface area contributed by atoms with Gasteiger partial charge in [-0.2, -0.15) is 0 Å². The second kappa shape index (κ2) is 9.75. The van der Waals surface area contributed by atoms with Gasteiger partial charge in [0.2, 0.25) is 0 Å². The lowest BCUT2D eigenvalue weighted by atomic mass is 9.98. The van der Waals surface area contributed by atoms with Gasteiger partial charge in [-0.1, -0.05) is 27.7 Å². The van der Waals surface area contributed by atoms with Gasteiger partial charge < -0.3 is 20.5 Å². The lowest BCUT2D eigenvalue weighted by molar-refractivity contribution is -0.130. The van der Waals surface area contributed by atoms with Crippen molar-refractivity contribution in [1.82, 2.24) is 10.6 Å². The molecule has 0 radical (unpaired) electrons. The molecule has 0 bridgehead atoms. The largest absolute Gasteiger partial charge is 0.444 e. The van der Waals surface area contributed by atoms with Crippen LogP contribution < -0.4 is 10.6 Å². The molecule has 0 aliphatic rings. The van der Waals surface area contributed by atoms with Gasteiger partial charge >= 0.3 is 6.09 Å². The zero-order valence-electron chi connectivity index (χ0n) is 15.6. The Kier molecular flexibility index (Phi) is 9.20. The van der Waals surface area contributed by atoms with Gasteiger partial charge in [-0.3, -0.25) is 4.79 Å². The Morgan fingerprint density at radius 2 is 1.65 bits per heavy atom.